The number of pyridine rings is 1. The number of ether oxygens (including phenoxy) is 2. The maximum atomic E-state index is 13.2. The summed E-state index contributed by atoms with van der Waals surface area (Å²) in [6.07, 6.45) is 3.14. The number of fused-ring (bicyclic) bond motifs is 1. The first kappa shape index (κ1) is 33.7. The Hall–Kier alpha value is -5.62. The Balaban J connectivity index is 1.35. The van der Waals surface area contributed by atoms with Crippen LogP contribution in [-0.4, -0.2) is 43.9 Å². The van der Waals surface area contributed by atoms with Gasteiger partial charge in [-0.3, -0.25) is 9.71 Å². The van der Waals surface area contributed by atoms with Gasteiger partial charge in [-0.1, -0.05) is 51.1 Å². The third kappa shape index (κ3) is 8.39. The van der Waals surface area contributed by atoms with Crippen molar-refractivity contribution in [2.24, 2.45) is 0 Å². The molecule has 11 nitrogen and oxygen atoms in total. The van der Waals surface area contributed by atoms with Crippen LogP contribution in [-0.2, 0) is 21.9 Å². The normalized spacial score (nSPS) is 11.5. The Morgan fingerprint density at radius 1 is 0.854 bits per heavy atom. The molecule has 0 aliphatic rings. The topological polar surface area (TPSA) is 156 Å². The fraction of sp³-hybridized carbons (Fsp3) is 0.194. The molecule has 0 atom stereocenters. The van der Waals surface area contributed by atoms with E-state index in [1.165, 1.54) is 13.2 Å². The minimum absolute atomic E-state index is 0.0827. The molecule has 248 valence electrons. The van der Waals surface area contributed by atoms with Crippen LogP contribution < -0.4 is 24.8 Å². The molecule has 1 heterocycles. The fourth-order valence-electron chi connectivity index (χ4n) is 5.13. The summed E-state index contributed by atoms with van der Waals surface area (Å²) in [4.78, 5) is 29.1. The number of hydrogen-bond donors (Lipinski definition) is 4. The second kappa shape index (κ2) is 13.6. The summed E-state index contributed by atoms with van der Waals surface area (Å²) >= 11 is 0. The number of carbonyl (C=O) groups excluding carboxylic acids is 1. The number of aromatic nitrogens is 1. The van der Waals surface area contributed by atoms with Gasteiger partial charge in [-0.15, -0.1) is 0 Å². The molecule has 0 radical (unpaired) electrons. The first-order chi connectivity index (χ1) is 22.7. The largest absolute Gasteiger partial charge is 0.496 e. The molecule has 0 saturated heterocycles. The number of amides is 2. The number of nitrogens with zero attached hydrogens (tertiary/aromatic N) is 1. The number of urea groups is 1. The molecule has 48 heavy (non-hydrogen) atoms. The second-order valence-corrected chi connectivity index (χ2v) is 14.0. The number of carboxylic acids is 1. The quantitative estimate of drug-likeness (QED) is 0.118. The van der Waals surface area contributed by atoms with E-state index in [2.05, 4.69) is 20.3 Å². The van der Waals surface area contributed by atoms with E-state index in [4.69, 9.17) is 9.47 Å². The van der Waals surface area contributed by atoms with Gasteiger partial charge in [-0.2, -0.15) is 0 Å². The van der Waals surface area contributed by atoms with Gasteiger partial charge < -0.3 is 25.2 Å². The smallest absolute Gasteiger partial charge is 0.339 e. The summed E-state index contributed by atoms with van der Waals surface area (Å²) in [6.45, 7) is 5.99. The molecule has 5 aromatic rings. The summed E-state index contributed by atoms with van der Waals surface area (Å²) in [7, 11) is -2.09. The Morgan fingerprint density at radius 2 is 1.58 bits per heavy atom. The van der Waals surface area contributed by atoms with Gasteiger partial charge in [0.25, 0.3) is 0 Å². The summed E-state index contributed by atoms with van der Waals surface area (Å²) in [5.41, 5.74) is 3.49. The van der Waals surface area contributed by atoms with Crippen molar-refractivity contribution in [2.45, 2.75) is 32.6 Å². The molecule has 5 rings (SSSR count). The highest BCUT2D eigenvalue weighted by Gasteiger charge is 2.18. The molecule has 4 aromatic carbocycles. The lowest BCUT2D eigenvalue weighted by Crippen LogP contribution is -2.21. The van der Waals surface area contributed by atoms with Gasteiger partial charge in [0, 0.05) is 40.8 Å². The second-order valence-electron chi connectivity index (χ2n) is 12.3. The van der Waals surface area contributed by atoms with Crippen molar-refractivity contribution in [1.29, 1.82) is 0 Å². The Bertz CT molecular complexity index is 2130. The van der Waals surface area contributed by atoms with Gasteiger partial charge >= 0.3 is 12.0 Å². The molecule has 0 aliphatic carbocycles. The number of rotatable bonds is 10. The number of aromatic carboxylic acids is 1. The van der Waals surface area contributed by atoms with E-state index in [1.807, 2.05) is 57.2 Å². The zero-order valence-electron chi connectivity index (χ0n) is 27.1. The molecule has 0 aliphatic heterocycles. The van der Waals surface area contributed by atoms with E-state index in [1.54, 1.807) is 48.7 Å². The fourth-order valence-corrected chi connectivity index (χ4v) is 5.68. The lowest BCUT2D eigenvalue weighted by atomic mass is 9.86. The van der Waals surface area contributed by atoms with Crippen molar-refractivity contribution in [3.63, 3.8) is 0 Å². The molecule has 0 fully saturated rings. The molecule has 0 unspecified atom stereocenters. The van der Waals surface area contributed by atoms with Crippen LogP contribution in [0.4, 0.5) is 21.9 Å². The molecule has 0 spiro atoms. The number of anilines is 3. The van der Waals surface area contributed by atoms with Gasteiger partial charge in [0.15, 0.2) is 0 Å². The zero-order chi connectivity index (χ0) is 34.6. The van der Waals surface area contributed by atoms with Gasteiger partial charge in [0.1, 0.15) is 22.8 Å². The zero-order valence-corrected chi connectivity index (χ0v) is 27.9. The van der Waals surface area contributed by atoms with E-state index in [9.17, 15) is 23.1 Å². The number of sulfonamides is 1. The van der Waals surface area contributed by atoms with E-state index < -0.39 is 22.0 Å². The molecule has 2 amide bonds. The van der Waals surface area contributed by atoms with E-state index >= 15 is 0 Å². The predicted octanol–water partition coefficient (Wildman–Crippen LogP) is 7.64. The van der Waals surface area contributed by atoms with Crippen LogP contribution >= 0.6 is 0 Å². The van der Waals surface area contributed by atoms with Crippen molar-refractivity contribution in [3.8, 4) is 17.2 Å². The van der Waals surface area contributed by atoms with Crippen molar-refractivity contribution >= 4 is 49.9 Å². The van der Waals surface area contributed by atoms with Crippen LogP contribution in [0.15, 0.2) is 91.1 Å². The number of nitrogens with one attached hydrogen (secondary N) is 3. The van der Waals surface area contributed by atoms with Crippen LogP contribution in [0.3, 0.4) is 0 Å². The number of carboxylic acid groups (broad SMARTS) is 1. The van der Waals surface area contributed by atoms with E-state index in [0.717, 1.165) is 28.2 Å². The third-order valence-corrected chi connectivity index (χ3v) is 8.00. The summed E-state index contributed by atoms with van der Waals surface area (Å²) in [6, 6.07) is 24.1. The van der Waals surface area contributed by atoms with Crippen LogP contribution in [0.25, 0.3) is 10.8 Å². The number of methoxy groups -OCH3 is 1. The highest BCUT2D eigenvalue weighted by atomic mass is 32.2. The summed E-state index contributed by atoms with van der Waals surface area (Å²) < 4.78 is 37.8. The summed E-state index contributed by atoms with van der Waals surface area (Å²) in [5, 5.41) is 16.6. The van der Waals surface area contributed by atoms with Gasteiger partial charge in [0.2, 0.25) is 10.0 Å². The molecular weight excluding hydrogens is 632 g/mol. The summed E-state index contributed by atoms with van der Waals surface area (Å²) in [5.74, 6) is 0.323. The maximum absolute atomic E-state index is 13.2. The van der Waals surface area contributed by atoms with Crippen LogP contribution in [0.5, 0.6) is 17.2 Å². The van der Waals surface area contributed by atoms with E-state index in [-0.39, 0.29) is 16.7 Å². The number of hydrogen-bond acceptors (Lipinski definition) is 7. The van der Waals surface area contributed by atoms with Crippen LogP contribution in [0.2, 0.25) is 0 Å². The minimum Gasteiger partial charge on any atom is -0.496 e. The lowest BCUT2D eigenvalue weighted by molar-refractivity contribution is 0.0693. The molecule has 0 saturated carbocycles. The van der Waals surface area contributed by atoms with Gasteiger partial charge in [-0.05, 0) is 65.1 Å². The average Bonchev–Trinajstić information content (AvgIpc) is 3.01. The minimum atomic E-state index is -3.52. The monoisotopic (exact) mass is 668 g/mol. The first-order valence-electron chi connectivity index (χ1n) is 14.9. The number of carbonyl (C=O) groups is 2. The SMILES string of the molecule is COc1cc(Cc2cc(Oc3ccc(NC(=O)Nc4cc(NS(C)(=O)=O)cc(C(C)(C)C)c4)c4ccccc34)ccn2)ccc1C(=O)O. The third-order valence-electron chi connectivity index (χ3n) is 7.39. The standard InChI is InChI=1S/C36H36N4O7S/c1-36(2,3)23-18-25(20-26(19-23)40-48(5,44)45)38-35(43)39-31-12-13-32(29-9-7-6-8-28(29)31)47-27-14-15-37-24(21-27)16-22-10-11-30(34(41)42)33(17-22)46-4/h6-15,17-21,40H,16H2,1-5H3,(H,41,42)(H2,38,39,43). The molecule has 12 heteroatoms. The lowest BCUT2D eigenvalue weighted by Gasteiger charge is -2.22. The van der Waals surface area contributed by atoms with Crippen LogP contribution in [0.1, 0.15) is 48.0 Å². The van der Waals surface area contributed by atoms with Crippen molar-refractivity contribution in [2.75, 3.05) is 28.7 Å². The van der Waals surface area contributed by atoms with Crippen molar-refractivity contribution < 1.29 is 32.6 Å². The van der Waals surface area contributed by atoms with E-state index in [0.29, 0.717) is 40.7 Å². The number of benzene rings is 4. The highest BCUT2D eigenvalue weighted by Crippen LogP contribution is 2.35. The molecule has 0 bridgehead atoms. The van der Waals surface area contributed by atoms with Crippen molar-refractivity contribution in [1.82, 2.24) is 4.98 Å². The van der Waals surface area contributed by atoms with Crippen LogP contribution in [0, 0.1) is 0 Å². The predicted molar refractivity (Wildman–Crippen MR) is 187 cm³/mol. The Kier molecular flexibility index (Phi) is 9.57. The molecule has 1 aromatic heterocycles. The first-order valence-corrected chi connectivity index (χ1v) is 16.8. The van der Waals surface area contributed by atoms with Gasteiger partial charge in [-0.25, -0.2) is 18.0 Å². The van der Waals surface area contributed by atoms with Gasteiger partial charge in [0.05, 0.1) is 24.7 Å². The maximum Gasteiger partial charge on any atom is 0.339 e. The molecule has 4 N–H and O–H groups in total. The Labute approximate surface area is 279 Å². The Morgan fingerprint density at radius 3 is 2.27 bits per heavy atom. The highest BCUT2D eigenvalue weighted by molar-refractivity contribution is 7.92. The van der Waals surface area contributed by atoms with Crippen molar-refractivity contribution in [3.05, 3.63) is 114 Å². The average molecular weight is 669 g/mol. The molecular formula is C36H36N4O7S.